The van der Waals surface area contributed by atoms with Crippen LogP contribution in [0.2, 0.25) is 0 Å². The minimum atomic E-state index is 0.882. The van der Waals surface area contributed by atoms with Crippen molar-refractivity contribution in [1.29, 1.82) is 0 Å². The lowest BCUT2D eigenvalue weighted by atomic mass is 10.3. The van der Waals surface area contributed by atoms with Crippen LogP contribution in [0.1, 0.15) is 0 Å². The van der Waals surface area contributed by atoms with E-state index < -0.39 is 0 Å². The second-order valence-corrected chi connectivity index (χ2v) is 8.27. The predicted molar refractivity (Wildman–Crippen MR) is 125 cm³/mol. The summed E-state index contributed by atoms with van der Waals surface area (Å²) in [6, 6.07) is 2.20. The molecule has 0 amide bonds. The molecule has 4 rings (SSSR count). The van der Waals surface area contributed by atoms with Gasteiger partial charge in [-0.2, -0.15) is 9.97 Å². The summed E-state index contributed by atoms with van der Waals surface area (Å²) in [5.74, 6) is 3.02. The third-order valence-electron chi connectivity index (χ3n) is 6.25. The molecule has 3 saturated heterocycles. The lowest BCUT2D eigenvalue weighted by Crippen LogP contribution is -2.48. The molecule has 8 nitrogen and oxygen atoms in total. The van der Waals surface area contributed by atoms with Crippen LogP contribution in [0.3, 0.4) is 0 Å². The lowest BCUT2D eigenvalue weighted by Gasteiger charge is -2.37. The van der Waals surface area contributed by atoms with Gasteiger partial charge in [0.1, 0.15) is 11.6 Å². The number of piperazine rings is 3. The van der Waals surface area contributed by atoms with Crippen LogP contribution in [0.15, 0.2) is 31.4 Å². The molecule has 30 heavy (non-hydrogen) atoms. The zero-order valence-corrected chi connectivity index (χ0v) is 18.2. The molecule has 0 unspecified atom stereocenters. The summed E-state index contributed by atoms with van der Waals surface area (Å²) in [6.45, 7) is 21.8. The molecule has 1 N–H and O–H groups in total. The molecule has 164 valence electrons. The second kappa shape index (κ2) is 10.2. The van der Waals surface area contributed by atoms with Crippen molar-refractivity contribution in [1.82, 2.24) is 25.1 Å². The first kappa shape index (κ1) is 21.1. The Kier molecular flexibility index (Phi) is 7.20. The maximum atomic E-state index is 5.04. The minimum absolute atomic E-state index is 0.882. The number of rotatable bonds is 7. The fourth-order valence-electron chi connectivity index (χ4n) is 4.42. The average molecular weight is 413 g/mol. The maximum absolute atomic E-state index is 5.04. The van der Waals surface area contributed by atoms with Crippen LogP contribution in [0.4, 0.5) is 17.6 Å². The van der Waals surface area contributed by atoms with Crippen LogP contribution in [-0.4, -0.2) is 111 Å². The molecule has 1 aromatic heterocycles. The van der Waals surface area contributed by atoms with Gasteiger partial charge in [-0.3, -0.25) is 9.80 Å². The van der Waals surface area contributed by atoms with E-state index in [0.29, 0.717) is 0 Å². The van der Waals surface area contributed by atoms with Crippen LogP contribution in [0.25, 0.3) is 0 Å². The van der Waals surface area contributed by atoms with E-state index in [9.17, 15) is 0 Å². The Balaban J connectivity index is 1.53. The summed E-state index contributed by atoms with van der Waals surface area (Å²) >= 11 is 0. The van der Waals surface area contributed by atoms with E-state index in [1.807, 2.05) is 12.2 Å². The van der Waals surface area contributed by atoms with Crippen LogP contribution >= 0.6 is 0 Å². The topological polar surface area (TPSA) is 54.0 Å². The van der Waals surface area contributed by atoms with Gasteiger partial charge in [-0.25, -0.2) is 0 Å². The zero-order chi connectivity index (χ0) is 20.8. The Morgan fingerprint density at radius 2 is 1.17 bits per heavy atom. The number of nitrogens with one attached hydrogen (secondary N) is 1. The third kappa shape index (κ3) is 5.11. The van der Waals surface area contributed by atoms with E-state index in [2.05, 4.69) is 49.0 Å². The summed E-state index contributed by atoms with van der Waals surface area (Å²) in [6.07, 6.45) is 3.98. The molecule has 8 heteroatoms. The van der Waals surface area contributed by atoms with E-state index in [-0.39, 0.29) is 0 Å². The molecular weight excluding hydrogens is 376 g/mol. The Morgan fingerprint density at radius 3 is 1.67 bits per heavy atom. The monoisotopic (exact) mass is 412 g/mol. The molecule has 0 bridgehead atoms. The van der Waals surface area contributed by atoms with Gasteiger partial charge in [0.2, 0.25) is 5.95 Å². The largest absolute Gasteiger partial charge is 0.354 e. The van der Waals surface area contributed by atoms with Crippen molar-refractivity contribution < 1.29 is 0 Å². The molecule has 1 aromatic rings. The molecule has 0 aromatic carbocycles. The van der Waals surface area contributed by atoms with Gasteiger partial charge in [-0.05, 0) is 0 Å². The van der Waals surface area contributed by atoms with Crippen molar-refractivity contribution in [2.24, 2.45) is 0 Å². The van der Waals surface area contributed by atoms with Gasteiger partial charge < -0.3 is 20.0 Å². The smallest absolute Gasteiger partial charge is 0.229 e. The Hall–Kier alpha value is -2.16. The van der Waals surface area contributed by atoms with Crippen molar-refractivity contribution in [3.63, 3.8) is 0 Å². The molecule has 3 aliphatic rings. The summed E-state index contributed by atoms with van der Waals surface area (Å²) < 4.78 is 0. The summed E-state index contributed by atoms with van der Waals surface area (Å²) in [5.41, 5.74) is 0. The van der Waals surface area contributed by atoms with E-state index in [4.69, 9.17) is 9.97 Å². The molecule has 0 saturated carbocycles. The molecule has 3 fully saturated rings. The quantitative estimate of drug-likeness (QED) is 0.650. The molecule has 0 aliphatic carbocycles. The highest BCUT2D eigenvalue weighted by Crippen LogP contribution is 2.25. The van der Waals surface area contributed by atoms with Crippen LogP contribution < -0.4 is 20.0 Å². The van der Waals surface area contributed by atoms with Gasteiger partial charge >= 0.3 is 0 Å². The average Bonchev–Trinajstić information content (AvgIpc) is 2.81. The highest BCUT2D eigenvalue weighted by atomic mass is 15.4. The number of hydrogen-bond acceptors (Lipinski definition) is 8. The van der Waals surface area contributed by atoms with E-state index in [1.165, 1.54) is 0 Å². The normalized spacial score (nSPS) is 21.7. The van der Waals surface area contributed by atoms with Crippen molar-refractivity contribution >= 4 is 17.6 Å². The molecule has 3 aliphatic heterocycles. The molecule has 0 atom stereocenters. The minimum Gasteiger partial charge on any atom is -0.354 e. The Labute approximate surface area is 180 Å². The van der Waals surface area contributed by atoms with Crippen molar-refractivity contribution in [3.05, 3.63) is 31.4 Å². The molecule has 0 spiro atoms. The van der Waals surface area contributed by atoms with Crippen LogP contribution in [-0.2, 0) is 0 Å². The van der Waals surface area contributed by atoms with Crippen molar-refractivity contribution in [2.75, 3.05) is 106 Å². The van der Waals surface area contributed by atoms with Gasteiger partial charge in [0, 0.05) is 97.7 Å². The highest BCUT2D eigenvalue weighted by Gasteiger charge is 2.24. The lowest BCUT2D eigenvalue weighted by molar-refractivity contribution is 0.281. The Bertz CT molecular complexity index is 653. The summed E-state index contributed by atoms with van der Waals surface area (Å²) in [5, 5.41) is 3.44. The van der Waals surface area contributed by atoms with Crippen molar-refractivity contribution in [3.8, 4) is 0 Å². The van der Waals surface area contributed by atoms with Gasteiger partial charge in [0.25, 0.3) is 0 Å². The predicted octanol–water partition coefficient (Wildman–Crippen LogP) is 0.502. The number of anilines is 3. The van der Waals surface area contributed by atoms with Crippen LogP contribution in [0, 0.1) is 0 Å². The molecule has 4 heterocycles. The standard InChI is InChI=1S/C22H36N8/c1-3-7-26-11-15-29(16-12-26)21-19-20(28-9-5-23-6-10-28)24-22(25-21)30-17-13-27(8-4-2)14-18-30/h3-4,19,23H,1-2,5-18H2. The van der Waals surface area contributed by atoms with Gasteiger partial charge in [-0.15, -0.1) is 13.2 Å². The third-order valence-corrected chi connectivity index (χ3v) is 6.25. The number of aromatic nitrogens is 2. The second-order valence-electron chi connectivity index (χ2n) is 8.27. The van der Waals surface area contributed by atoms with E-state index in [0.717, 1.165) is 109 Å². The maximum Gasteiger partial charge on any atom is 0.229 e. The first-order valence-corrected chi connectivity index (χ1v) is 11.3. The van der Waals surface area contributed by atoms with Gasteiger partial charge in [0.15, 0.2) is 0 Å². The fraction of sp³-hybridized carbons (Fsp3) is 0.636. The molecule has 0 radical (unpaired) electrons. The molecular formula is C22H36N8. The summed E-state index contributed by atoms with van der Waals surface area (Å²) in [4.78, 5) is 22.1. The first-order valence-electron chi connectivity index (χ1n) is 11.3. The fourth-order valence-corrected chi connectivity index (χ4v) is 4.42. The van der Waals surface area contributed by atoms with E-state index in [1.54, 1.807) is 0 Å². The highest BCUT2D eigenvalue weighted by molar-refractivity contribution is 5.56. The van der Waals surface area contributed by atoms with Gasteiger partial charge in [0.05, 0.1) is 0 Å². The van der Waals surface area contributed by atoms with Crippen LogP contribution in [0.5, 0.6) is 0 Å². The first-order chi connectivity index (χ1) is 14.8. The van der Waals surface area contributed by atoms with Crippen molar-refractivity contribution in [2.45, 2.75) is 0 Å². The van der Waals surface area contributed by atoms with Gasteiger partial charge in [-0.1, -0.05) is 12.2 Å². The number of nitrogens with zero attached hydrogens (tertiary/aromatic N) is 7. The summed E-state index contributed by atoms with van der Waals surface area (Å²) in [7, 11) is 0. The number of hydrogen-bond donors (Lipinski definition) is 1. The Morgan fingerprint density at radius 1 is 0.700 bits per heavy atom. The van der Waals surface area contributed by atoms with E-state index >= 15 is 0 Å². The zero-order valence-electron chi connectivity index (χ0n) is 18.2. The SMILES string of the molecule is C=CCN1CCN(c2cc(N3CCNCC3)nc(N3CCN(CC=C)CC3)n2)CC1.